The molecule has 6 aromatic carbocycles. The molecular formula is C35H22N2O2. The van der Waals surface area contributed by atoms with Gasteiger partial charge in [-0.2, -0.15) is 4.98 Å². The topological polar surface area (TPSA) is 42.4 Å². The first kappa shape index (κ1) is 21.7. The maximum absolute atomic E-state index is 6.45. The Hall–Kier alpha value is -5.35. The first-order chi connectivity index (χ1) is 19.3. The van der Waals surface area contributed by atoms with Crippen LogP contribution in [0.1, 0.15) is 0 Å². The third kappa shape index (κ3) is 3.57. The number of furan rings is 1. The third-order valence-corrected chi connectivity index (χ3v) is 7.30. The van der Waals surface area contributed by atoms with Gasteiger partial charge in [0.1, 0.15) is 16.7 Å². The molecule has 39 heavy (non-hydrogen) atoms. The quantitative estimate of drug-likeness (QED) is 0.240. The monoisotopic (exact) mass is 502 g/mol. The maximum atomic E-state index is 6.45. The minimum atomic E-state index is 0.502. The van der Waals surface area contributed by atoms with E-state index in [0.29, 0.717) is 6.01 Å². The van der Waals surface area contributed by atoms with Gasteiger partial charge in [0.25, 0.3) is 0 Å². The van der Waals surface area contributed by atoms with E-state index in [2.05, 4.69) is 95.9 Å². The van der Waals surface area contributed by atoms with Gasteiger partial charge in [-0.25, -0.2) is 0 Å². The Morgan fingerprint density at radius 1 is 0.462 bits per heavy atom. The number of fused-ring (bicyclic) bond motifs is 6. The Labute approximate surface area is 224 Å². The molecule has 0 aliphatic rings. The molecule has 0 spiro atoms. The highest BCUT2D eigenvalue weighted by molar-refractivity contribution is 6.06. The number of hydrogen-bond acceptors (Lipinski definition) is 4. The Balaban J connectivity index is 1.36. The van der Waals surface area contributed by atoms with E-state index in [9.17, 15) is 0 Å². The molecule has 2 aromatic heterocycles. The van der Waals surface area contributed by atoms with E-state index in [1.807, 2.05) is 42.5 Å². The standard InChI is InChI=1S/C35H22N2O2/c1-2-9-23(10-3-1)25-12-8-13-26(21-25)37(27-18-19-30-29-15-6-7-16-31(29)38-33(30)22-27)35-36-34-28-14-5-4-11-24(28)17-20-32(34)39-35/h1-22H. The van der Waals surface area contributed by atoms with Crippen molar-refractivity contribution in [2.45, 2.75) is 0 Å². The zero-order chi connectivity index (χ0) is 25.8. The lowest BCUT2D eigenvalue weighted by molar-refractivity contribution is 0.608. The van der Waals surface area contributed by atoms with E-state index in [1.165, 1.54) is 0 Å². The van der Waals surface area contributed by atoms with Gasteiger partial charge in [0, 0.05) is 22.2 Å². The summed E-state index contributed by atoms with van der Waals surface area (Å²) in [4.78, 5) is 7.11. The van der Waals surface area contributed by atoms with E-state index in [1.54, 1.807) is 0 Å². The van der Waals surface area contributed by atoms with Crippen LogP contribution in [0.15, 0.2) is 142 Å². The Bertz CT molecular complexity index is 2140. The van der Waals surface area contributed by atoms with E-state index < -0.39 is 0 Å². The summed E-state index contributed by atoms with van der Waals surface area (Å²) in [6.07, 6.45) is 0. The number of para-hydroxylation sites is 1. The number of benzene rings is 6. The summed E-state index contributed by atoms with van der Waals surface area (Å²) in [5.41, 5.74) is 7.40. The van der Waals surface area contributed by atoms with Crippen molar-refractivity contribution in [3.8, 4) is 11.1 Å². The Kier molecular flexibility index (Phi) is 4.79. The molecule has 8 rings (SSSR count). The van der Waals surface area contributed by atoms with Crippen molar-refractivity contribution in [2.75, 3.05) is 4.90 Å². The smallest absolute Gasteiger partial charge is 0.307 e. The molecule has 0 atom stereocenters. The molecule has 8 aromatic rings. The van der Waals surface area contributed by atoms with Crippen LogP contribution in [0.4, 0.5) is 17.4 Å². The van der Waals surface area contributed by atoms with Crippen LogP contribution in [0.25, 0.3) is 54.9 Å². The van der Waals surface area contributed by atoms with Gasteiger partial charge in [0.15, 0.2) is 5.58 Å². The SMILES string of the molecule is c1ccc(-c2cccc(N(c3ccc4c(c3)oc3ccccc34)c3nc4c(ccc5ccccc54)o3)c2)cc1. The number of anilines is 3. The van der Waals surface area contributed by atoms with Gasteiger partial charge in [-0.3, -0.25) is 4.90 Å². The molecule has 4 heteroatoms. The Morgan fingerprint density at radius 2 is 1.21 bits per heavy atom. The summed E-state index contributed by atoms with van der Waals surface area (Å²) in [6, 6.07) is 46.1. The van der Waals surface area contributed by atoms with E-state index in [0.717, 1.165) is 66.3 Å². The summed E-state index contributed by atoms with van der Waals surface area (Å²) in [5, 5.41) is 4.38. The van der Waals surface area contributed by atoms with Crippen molar-refractivity contribution in [1.82, 2.24) is 4.98 Å². The second kappa shape index (κ2) is 8.61. The minimum absolute atomic E-state index is 0.502. The lowest BCUT2D eigenvalue weighted by Crippen LogP contribution is -2.10. The molecule has 0 N–H and O–H groups in total. The number of nitrogens with zero attached hydrogens (tertiary/aromatic N) is 2. The number of aromatic nitrogens is 1. The molecule has 4 nitrogen and oxygen atoms in total. The van der Waals surface area contributed by atoms with Crippen molar-refractivity contribution < 1.29 is 8.83 Å². The van der Waals surface area contributed by atoms with Crippen LogP contribution in [0.5, 0.6) is 0 Å². The molecule has 2 heterocycles. The summed E-state index contributed by atoms with van der Waals surface area (Å²) >= 11 is 0. The molecule has 0 unspecified atom stereocenters. The molecule has 0 bridgehead atoms. The van der Waals surface area contributed by atoms with Crippen LogP contribution in [-0.4, -0.2) is 4.98 Å². The third-order valence-electron chi connectivity index (χ3n) is 7.30. The highest BCUT2D eigenvalue weighted by atomic mass is 16.4. The minimum Gasteiger partial charge on any atom is -0.456 e. The summed E-state index contributed by atoms with van der Waals surface area (Å²) in [7, 11) is 0. The van der Waals surface area contributed by atoms with Crippen molar-refractivity contribution in [2.24, 2.45) is 0 Å². The van der Waals surface area contributed by atoms with Crippen molar-refractivity contribution in [1.29, 1.82) is 0 Å². The first-order valence-electron chi connectivity index (χ1n) is 13.0. The summed E-state index contributed by atoms with van der Waals surface area (Å²) in [6.45, 7) is 0. The van der Waals surface area contributed by atoms with Crippen molar-refractivity contribution in [3.63, 3.8) is 0 Å². The Morgan fingerprint density at radius 3 is 2.13 bits per heavy atom. The lowest BCUT2D eigenvalue weighted by atomic mass is 10.0. The summed E-state index contributed by atoms with van der Waals surface area (Å²) in [5.74, 6) is 0. The van der Waals surface area contributed by atoms with Crippen molar-refractivity contribution >= 4 is 61.2 Å². The fourth-order valence-electron chi connectivity index (χ4n) is 5.42. The molecule has 0 radical (unpaired) electrons. The zero-order valence-corrected chi connectivity index (χ0v) is 20.9. The van der Waals surface area contributed by atoms with Gasteiger partial charge in [-0.1, -0.05) is 91.0 Å². The van der Waals surface area contributed by atoms with Crippen molar-refractivity contribution in [3.05, 3.63) is 133 Å². The molecule has 0 aliphatic carbocycles. The second-order valence-electron chi connectivity index (χ2n) is 9.66. The van der Waals surface area contributed by atoms with Crippen LogP contribution in [0.2, 0.25) is 0 Å². The van der Waals surface area contributed by atoms with Gasteiger partial charge in [0.05, 0.1) is 11.4 Å². The fourth-order valence-corrected chi connectivity index (χ4v) is 5.42. The highest BCUT2D eigenvalue weighted by Gasteiger charge is 2.21. The van der Waals surface area contributed by atoms with Gasteiger partial charge in [-0.15, -0.1) is 0 Å². The van der Waals surface area contributed by atoms with E-state index in [4.69, 9.17) is 13.8 Å². The number of oxazole rings is 1. The molecule has 0 saturated carbocycles. The maximum Gasteiger partial charge on any atom is 0.307 e. The molecular weight excluding hydrogens is 480 g/mol. The average Bonchev–Trinajstić information content (AvgIpc) is 3.59. The highest BCUT2D eigenvalue weighted by Crippen LogP contribution is 2.41. The number of rotatable bonds is 4. The molecule has 0 fully saturated rings. The fraction of sp³-hybridized carbons (Fsp3) is 0. The van der Waals surface area contributed by atoms with E-state index >= 15 is 0 Å². The van der Waals surface area contributed by atoms with Crippen LogP contribution in [0, 0.1) is 0 Å². The summed E-state index contributed by atoms with van der Waals surface area (Å²) < 4.78 is 12.7. The lowest BCUT2D eigenvalue weighted by Gasteiger charge is -2.21. The predicted molar refractivity (Wildman–Crippen MR) is 159 cm³/mol. The van der Waals surface area contributed by atoms with Gasteiger partial charge in [0.2, 0.25) is 0 Å². The van der Waals surface area contributed by atoms with Gasteiger partial charge in [-0.05, 0) is 52.9 Å². The van der Waals surface area contributed by atoms with Gasteiger partial charge < -0.3 is 8.83 Å². The van der Waals surface area contributed by atoms with Crippen LogP contribution >= 0.6 is 0 Å². The average molecular weight is 503 g/mol. The largest absolute Gasteiger partial charge is 0.456 e. The van der Waals surface area contributed by atoms with E-state index in [-0.39, 0.29) is 0 Å². The van der Waals surface area contributed by atoms with Gasteiger partial charge >= 0.3 is 6.01 Å². The first-order valence-corrected chi connectivity index (χ1v) is 13.0. The second-order valence-corrected chi connectivity index (χ2v) is 9.66. The molecule has 0 aliphatic heterocycles. The molecule has 184 valence electrons. The molecule has 0 saturated heterocycles. The zero-order valence-electron chi connectivity index (χ0n) is 20.9. The predicted octanol–water partition coefficient (Wildman–Crippen LogP) is 10.0. The molecule has 0 amide bonds. The van der Waals surface area contributed by atoms with Crippen LogP contribution in [-0.2, 0) is 0 Å². The van der Waals surface area contributed by atoms with Crippen LogP contribution in [0.3, 0.4) is 0 Å². The van der Waals surface area contributed by atoms with Crippen LogP contribution < -0.4 is 4.90 Å². The number of hydrogen-bond donors (Lipinski definition) is 0. The normalized spacial score (nSPS) is 11.6.